The molecule has 2 atom stereocenters. The highest BCUT2D eigenvalue weighted by atomic mass is 19.2. The Kier molecular flexibility index (Phi) is 8.87. The third kappa shape index (κ3) is 6.01. The fourth-order valence-corrected chi connectivity index (χ4v) is 4.66. The second-order valence-corrected chi connectivity index (χ2v) is 9.28. The molecule has 1 saturated heterocycles. The van der Waals surface area contributed by atoms with Crippen LogP contribution in [0.15, 0.2) is 66.7 Å². The van der Waals surface area contributed by atoms with Gasteiger partial charge in [0.15, 0.2) is 11.6 Å². The van der Waals surface area contributed by atoms with Crippen LogP contribution >= 0.6 is 0 Å². The highest BCUT2D eigenvalue weighted by molar-refractivity contribution is 5.71. The molecule has 2 nitrogen and oxygen atoms in total. The van der Waals surface area contributed by atoms with Gasteiger partial charge in [-0.3, -0.25) is 0 Å². The van der Waals surface area contributed by atoms with Gasteiger partial charge in [0.25, 0.3) is 0 Å². The topological polar surface area (TPSA) is 18.5 Å². The van der Waals surface area contributed by atoms with Crippen molar-refractivity contribution in [2.24, 2.45) is 0 Å². The SMILES string of the molecule is CC=CC1CCC(c2ccc(-c3ccc(-c4ccc(OCCCCC)c(F)c4F)cc3)cc2F)CO1. The number of halogens is 3. The zero-order valence-corrected chi connectivity index (χ0v) is 20.9. The van der Waals surface area contributed by atoms with Gasteiger partial charge in [-0.05, 0) is 66.6 Å². The molecule has 1 aliphatic rings. The van der Waals surface area contributed by atoms with E-state index < -0.39 is 11.6 Å². The Morgan fingerprint density at radius 2 is 1.64 bits per heavy atom. The summed E-state index contributed by atoms with van der Waals surface area (Å²) in [5.41, 5.74) is 2.90. The number of hydrogen-bond acceptors (Lipinski definition) is 2. The standard InChI is InChI=1S/C31H33F3O2/c1-3-5-6-18-35-29-17-16-27(30(33)31(29)34)22-10-8-21(9-11-22)23-13-15-26(28(32)19-23)24-12-14-25(7-4-2)36-20-24/h4,7-11,13,15-17,19,24-25H,3,5-6,12,14,18,20H2,1-2H3. The molecule has 3 aromatic carbocycles. The first-order chi connectivity index (χ1) is 17.5. The Morgan fingerprint density at radius 3 is 2.31 bits per heavy atom. The van der Waals surface area contributed by atoms with E-state index in [2.05, 4.69) is 6.92 Å². The number of unbranched alkanes of at least 4 members (excludes halogenated alkanes) is 2. The molecule has 2 unspecified atom stereocenters. The fraction of sp³-hybridized carbons (Fsp3) is 0.355. The van der Waals surface area contributed by atoms with Gasteiger partial charge in [-0.1, -0.05) is 68.3 Å². The molecule has 0 amide bonds. The largest absolute Gasteiger partial charge is 0.490 e. The number of allylic oxidation sites excluding steroid dienone is 1. The van der Waals surface area contributed by atoms with E-state index in [4.69, 9.17) is 9.47 Å². The van der Waals surface area contributed by atoms with Gasteiger partial charge < -0.3 is 9.47 Å². The highest BCUT2D eigenvalue weighted by Crippen LogP contribution is 2.34. The monoisotopic (exact) mass is 494 g/mol. The summed E-state index contributed by atoms with van der Waals surface area (Å²) in [7, 11) is 0. The summed E-state index contributed by atoms with van der Waals surface area (Å²) in [5, 5.41) is 0. The predicted octanol–water partition coefficient (Wildman–Crippen LogP) is 8.85. The summed E-state index contributed by atoms with van der Waals surface area (Å²) in [5.74, 6) is -2.19. The minimum Gasteiger partial charge on any atom is -0.490 e. The third-order valence-electron chi connectivity index (χ3n) is 6.74. The Balaban J connectivity index is 1.46. The maximum atomic E-state index is 15.0. The molecule has 0 N–H and O–H groups in total. The molecule has 0 aromatic heterocycles. The van der Waals surface area contributed by atoms with E-state index in [1.54, 1.807) is 24.3 Å². The van der Waals surface area contributed by atoms with E-state index in [1.807, 2.05) is 31.2 Å². The lowest BCUT2D eigenvalue weighted by Crippen LogP contribution is -2.23. The van der Waals surface area contributed by atoms with Gasteiger partial charge in [0, 0.05) is 11.5 Å². The summed E-state index contributed by atoms with van der Waals surface area (Å²) in [4.78, 5) is 0. The van der Waals surface area contributed by atoms with Crippen molar-refractivity contribution in [2.75, 3.05) is 13.2 Å². The lowest BCUT2D eigenvalue weighted by atomic mass is 9.89. The summed E-state index contributed by atoms with van der Waals surface area (Å²) < 4.78 is 55.6. The summed E-state index contributed by atoms with van der Waals surface area (Å²) >= 11 is 0. The smallest absolute Gasteiger partial charge is 0.201 e. The Bertz CT molecular complexity index is 1180. The third-order valence-corrected chi connectivity index (χ3v) is 6.74. The van der Waals surface area contributed by atoms with Gasteiger partial charge >= 0.3 is 0 Å². The quantitative estimate of drug-likeness (QED) is 0.218. The Morgan fingerprint density at radius 1 is 0.889 bits per heavy atom. The minimum absolute atomic E-state index is 0.0411. The fourth-order valence-electron chi connectivity index (χ4n) is 4.66. The summed E-state index contributed by atoms with van der Waals surface area (Å²) in [6.45, 7) is 4.90. The van der Waals surface area contributed by atoms with Crippen molar-refractivity contribution in [1.82, 2.24) is 0 Å². The molecule has 4 rings (SSSR count). The molecular formula is C31H33F3O2. The molecule has 0 saturated carbocycles. The van der Waals surface area contributed by atoms with Gasteiger partial charge in [-0.2, -0.15) is 4.39 Å². The van der Waals surface area contributed by atoms with Crippen molar-refractivity contribution >= 4 is 0 Å². The molecule has 1 heterocycles. The van der Waals surface area contributed by atoms with Crippen LogP contribution in [0.1, 0.15) is 57.4 Å². The molecule has 1 fully saturated rings. The van der Waals surface area contributed by atoms with Crippen LogP contribution in [-0.2, 0) is 4.74 Å². The van der Waals surface area contributed by atoms with E-state index in [9.17, 15) is 8.78 Å². The number of rotatable bonds is 9. The van der Waals surface area contributed by atoms with Gasteiger partial charge in [0.1, 0.15) is 5.82 Å². The zero-order valence-electron chi connectivity index (χ0n) is 20.9. The average Bonchev–Trinajstić information content (AvgIpc) is 2.90. The van der Waals surface area contributed by atoms with Crippen molar-refractivity contribution in [2.45, 2.75) is 58.0 Å². The van der Waals surface area contributed by atoms with Crippen molar-refractivity contribution < 1.29 is 22.6 Å². The molecule has 0 radical (unpaired) electrons. The molecule has 36 heavy (non-hydrogen) atoms. The highest BCUT2D eigenvalue weighted by Gasteiger charge is 2.24. The molecule has 1 aliphatic heterocycles. The van der Waals surface area contributed by atoms with Crippen molar-refractivity contribution in [3.05, 3.63) is 89.8 Å². The van der Waals surface area contributed by atoms with Crippen molar-refractivity contribution in [3.8, 4) is 28.0 Å². The lowest BCUT2D eigenvalue weighted by molar-refractivity contribution is 0.0319. The normalized spacial score (nSPS) is 18.0. The maximum absolute atomic E-state index is 15.0. The van der Waals surface area contributed by atoms with E-state index in [1.165, 1.54) is 18.2 Å². The molecular weight excluding hydrogens is 461 g/mol. The second-order valence-electron chi connectivity index (χ2n) is 9.28. The minimum atomic E-state index is -0.977. The Hall–Kier alpha value is -3.05. The van der Waals surface area contributed by atoms with Gasteiger partial charge in [0.2, 0.25) is 5.82 Å². The van der Waals surface area contributed by atoms with Gasteiger partial charge in [0.05, 0.1) is 19.3 Å². The van der Waals surface area contributed by atoms with Crippen LogP contribution in [0.2, 0.25) is 0 Å². The van der Waals surface area contributed by atoms with E-state index >= 15 is 4.39 Å². The van der Waals surface area contributed by atoms with Crippen LogP contribution in [0.4, 0.5) is 13.2 Å². The Labute approximate surface area is 211 Å². The first-order valence-electron chi connectivity index (χ1n) is 12.8. The van der Waals surface area contributed by atoms with E-state index in [0.717, 1.165) is 43.2 Å². The number of benzene rings is 3. The molecule has 5 heteroatoms. The van der Waals surface area contributed by atoms with Crippen LogP contribution in [-0.4, -0.2) is 19.3 Å². The predicted molar refractivity (Wildman–Crippen MR) is 139 cm³/mol. The van der Waals surface area contributed by atoms with Crippen LogP contribution in [0.3, 0.4) is 0 Å². The zero-order chi connectivity index (χ0) is 25.5. The van der Waals surface area contributed by atoms with Crippen LogP contribution in [0, 0.1) is 17.5 Å². The molecule has 190 valence electrons. The van der Waals surface area contributed by atoms with Gasteiger partial charge in [-0.15, -0.1) is 0 Å². The molecule has 0 bridgehead atoms. The first-order valence-corrected chi connectivity index (χ1v) is 12.8. The van der Waals surface area contributed by atoms with Crippen LogP contribution in [0.5, 0.6) is 5.75 Å². The molecule has 3 aromatic rings. The van der Waals surface area contributed by atoms with E-state index in [-0.39, 0.29) is 29.2 Å². The molecule has 0 aliphatic carbocycles. The van der Waals surface area contributed by atoms with E-state index in [0.29, 0.717) is 24.3 Å². The van der Waals surface area contributed by atoms with Gasteiger partial charge in [-0.25, -0.2) is 8.78 Å². The molecule has 0 spiro atoms. The number of ether oxygens (including phenoxy) is 2. The van der Waals surface area contributed by atoms with Crippen molar-refractivity contribution in [3.63, 3.8) is 0 Å². The number of hydrogen-bond donors (Lipinski definition) is 0. The maximum Gasteiger partial charge on any atom is 0.201 e. The van der Waals surface area contributed by atoms with Crippen LogP contribution in [0.25, 0.3) is 22.3 Å². The second kappa shape index (κ2) is 12.3. The van der Waals surface area contributed by atoms with Crippen LogP contribution < -0.4 is 4.74 Å². The summed E-state index contributed by atoms with van der Waals surface area (Å²) in [6, 6.07) is 15.3. The summed E-state index contributed by atoms with van der Waals surface area (Å²) in [6.07, 6.45) is 8.69. The first kappa shape index (κ1) is 26.0. The average molecular weight is 495 g/mol. The van der Waals surface area contributed by atoms with Crippen molar-refractivity contribution in [1.29, 1.82) is 0 Å². The lowest BCUT2D eigenvalue weighted by Gasteiger charge is -2.28.